The maximum atomic E-state index is 11.8. The van der Waals surface area contributed by atoms with Crippen LogP contribution in [0.1, 0.15) is 18.9 Å². The van der Waals surface area contributed by atoms with Crippen LogP contribution in [0.5, 0.6) is 0 Å². The average molecular weight is 310 g/mol. The zero-order valence-corrected chi connectivity index (χ0v) is 13.0. The molecule has 2 aromatic rings. The van der Waals surface area contributed by atoms with Gasteiger partial charge in [0.2, 0.25) is 0 Å². The van der Waals surface area contributed by atoms with Gasteiger partial charge in [-0.2, -0.15) is 0 Å². The molecule has 0 fully saturated rings. The smallest absolute Gasteiger partial charge is 0.152 e. The van der Waals surface area contributed by atoms with Crippen LogP contribution in [-0.2, 0) is 16.4 Å². The average Bonchev–Trinajstić information content (AvgIpc) is 2.78. The quantitative estimate of drug-likeness (QED) is 0.830. The minimum Gasteiger partial charge on any atom is -0.389 e. The number of sulfone groups is 1. The normalized spacial score (nSPS) is 11.8. The summed E-state index contributed by atoms with van der Waals surface area (Å²) in [5.41, 5.74) is 7.39. The van der Waals surface area contributed by atoms with Crippen molar-refractivity contribution in [3.8, 4) is 0 Å². The number of aryl methyl sites for hydroxylation is 1. The van der Waals surface area contributed by atoms with Gasteiger partial charge in [-0.15, -0.1) is 0 Å². The molecule has 0 aliphatic carbocycles. The lowest BCUT2D eigenvalue weighted by molar-refractivity contribution is 0.588. The van der Waals surface area contributed by atoms with Gasteiger partial charge in [0.1, 0.15) is 4.99 Å². The number of benzene rings is 1. The van der Waals surface area contributed by atoms with Crippen molar-refractivity contribution in [1.82, 2.24) is 4.57 Å². The third kappa shape index (κ3) is 3.37. The van der Waals surface area contributed by atoms with E-state index in [0.717, 1.165) is 16.5 Å². The number of fused-ring (bicyclic) bond motifs is 1. The summed E-state index contributed by atoms with van der Waals surface area (Å²) in [7, 11) is -2.97. The molecule has 1 aromatic carbocycles. The standard InChI is InChI=1S/C14H18N2O2S2/c1-2-8-20(17,18)9-7-16-6-5-11-3-4-12(14(15)19)10-13(11)16/h3-6,10H,2,7-9H2,1H3,(H2,15,19). The van der Waals surface area contributed by atoms with Crippen LogP contribution in [-0.4, -0.2) is 29.5 Å². The largest absolute Gasteiger partial charge is 0.389 e. The predicted molar refractivity (Wildman–Crippen MR) is 86.8 cm³/mol. The van der Waals surface area contributed by atoms with E-state index >= 15 is 0 Å². The first-order valence-corrected chi connectivity index (χ1v) is 8.75. The predicted octanol–water partition coefficient (Wildman–Crippen LogP) is 2.10. The SMILES string of the molecule is CCCS(=O)(=O)CCn1ccc2ccc(C(N)=S)cc21. The Morgan fingerprint density at radius 1 is 1.30 bits per heavy atom. The Kier molecular flexibility index (Phi) is 4.45. The Balaban J connectivity index is 2.26. The zero-order chi connectivity index (χ0) is 14.8. The number of nitrogens with two attached hydrogens (primary N) is 1. The lowest BCUT2D eigenvalue weighted by Gasteiger charge is -2.07. The van der Waals surface area contributed by atoms with Crippen LogP contribution in [0.2, 0.25) is 0 Å². The van der Waals surface area contributed by atoms with Gasteiger partial charge in [0.25, 0.3) is 0 Å². The number of hydrogen-bond acceptors (Lipinski definition) is 3. The number of thiocarbonyl (C=S) groups is 1. The van der Waals surface area contributed by atoms with Crippen LogP contribution in [0.15, 0.2) is 30.5 Å². The van der Waals surface area contributed by atoms with Gasteiger partial charge in [0.05, 0.1) is 5.75 Å². The molecule has 0 saturated carbocycles. The molecule has 20 heavy (non-hydrogen) atoms. The molecule has 0 unspecified atom stereocenters. The maximum Gasteiger partial charge on any atom is 0.152 e. The van der Waals surface area contributed by atoms with Crippen LogP contribution in [0.25, 0.3) is 10.9 Å². The third-order valence-corrected chi connectivity index (χ3v) is 5.29. The molecule has 0 spiro atoms. The van der Waals surface area contributed by atoms with Gasteiger partial charge in [-0.25, -0.2) is 8.42 Å². The van der Waals surface area contributed by atoms with E-state index in [1.807, 2.05) is 42.0 Å². The fourth-order valence-corrected chi connectivity index (χ4v) is 3.61. The Hall–Kier alpha value is -1.40. The first kappa shape index (κ1) is 15.0. The fourth-order valence-electron chi connectivity index (χ4n) is 2.18. The van der Waals surface area contributed by atoms with Gasteiger partial charge in [-0.1, -0.05) is 31.3 Å². The molecule has 0 aliphatic heterocycles. The summed E-state index contributed by atoms with van der Waals surface area (Å²) >= 11 is 4.97. The first-order chi connectivity index (χ1) is 9.43. The van der Waals surface area contributed by atoms with Crippen molar-refractivity contribution in [1.29, 1.82) is 0 Å². The van der Waals surface area contributed by atoms with Crippen molar-refractivity contribution >= 4 is 37.9 Å². The molecular weight excluding hydrogens is 292 g/mol. The van der Waals surface area contributed by atoms with Gasteiger partial charge in [-0.3, -0.25) is 0 Å². The van der Waals surface area contributed by atoms with Crippen molar-refractivity contribution in [3.05, 3.63) is 36.0 Å². The zero-order valence-electron chi connectivity index (χ0n) is 11.4. The summed E-state index contributed by atoms with van der Waals surface area (Å²) in [5.74, 6) is 0.395. The lowest BCUT2D eigenvalue weighted by atomic mass is 10.1. The van der Waals surface area contributed by atoms with E-state index in [9.17, 15) is 8.42 Å². The maximum absolute atomic E-state index is 11.8. The number of aromatic nitrogens is 1. The minimum atomic E-state index is -2.97. The highest BCUT2D eigenvalue weighted by atomic mass is 32.2. The molecule has 0 aliphatic rings. The monoisotopic (exact) mass is 310 g/mol. The van der Waals surface area contributed by atoms with Crippen LogP contribution in [0.4, 0.5) is 0 Å². The highest BCUT2D eigenvalue weighted by molar-refractivity contribution is 7.91. The lowest BCUT2D eigenvalue weighted by Crippen LogP contribution is -2.15. The summed E-state index contributed by atoms with van der Waals surface area (Å²) < 4.78 is 25.5. The molecule has 0 atom stereocenters. The third-order valence-electron chi connectivity index (χ3n) is 3.22. The Morgan fingerprint density at radius 3 is 2.70 bits per heavy atom. The second-order valence-corrected chi connectivity index (χ2v) is 7.54. The van der Waals surface area contributed by atoms with E-state index in [1.165, 1.54) is 0 Å². The Bertz CT molecular complexity index is 733. The summed E-state index contributed by atoms with van der Waals surface area (Å²) in [6, 6.07) is 7.69. The molecule has 0 amide bonds. The van der Waals surface area contributed by atoms with E-state index < -0.39 is 9.84 Å². The van der Waals surface area contributed by atoms with Crippen LogP contribution < -0.4 is 5.73 Å². The molecule has 2 N–H and O–H groups in total. The molecule has 2 rings (SSSR count). The second-order valence-electron chi connectivity index (χ2n) is 4.80. The number of hydrogen-bond donors (Lipinski definition) is 1. The fraction of sp³-hybridized carbons (Fsp3) is 0.357. The van der Waals surface area contributed by atoms with Gasteiger partial charge in [0.15, 0.2) is 9.84 Å². The topological polar surface area (TPSA) is 65.1 Å². The van der Waals surface area contributed by atoms with Crippen molar-refractivity contribution in [2.24, 2.45) is 5.73 Å². The molecule has 108 valence electrons. The van der Waals surface area contributed by atoms with Gasteiger partial charge >= 0.3 is 0 Å². The second kappa shape index (κ2) is 5.93. The molecule has 0 bridgehead atoms. The van der Waals surface area contributed by atoms with Gasteiger partial charge < -0.3 is 10.3 Å². The van der Waals surface area contributed by atoms with Crippen molar-refractivity contribution in [2.75, 3.05) is 11.5 Å². The minimum absolute atomic E-state index is 0.155. The van der Waals surface area contributed by atoms with Crippen LogP contribution in [0.3, 0.4) is 0 Å². The number of nitrogens with zero attached hydrogens (tertiary/aromatic N) is 1. The summed E-state index contributed by atoms with van der Waals surface area (Å²) in [5, 5.41) is 1.05. The Morgan fingerprint density at radius 2 is 2.05 bits per heavy atom. The molecule has 4 nitrogen and oxygen atoms in total. The van der Waals surface area contributed by atoms with E-state index in [1.54, 1.807) is 0 Å². The van der Waals surface area contributed by atoms with Crippen molar-refractivity contribution < 1.29 is 8.42 Å². The summed E-state index contributed by atoms with van der Waals surface area (Å²) in [4.78, 5) is 0.346. The molecule has 0 radical (unpaired) electrons. The highest BCUT2D eigenvalue weighted by Crippen LogP contribution is 2.18. The molecule has 1 aromatic heterocycles. The van der Waals surface area contributed by atoms with E-state index in [-0.39, 0.29) is 11.5 Å². The van der Waals surface area contributed by atoms with Gasteiger partial charge in [-0.05, 0) is 23.9 Å². The first-order valence-electron chi connectivity index (χ1n) is 6.52. The van der Waals surface area contributed by atoms with Crippen molar-refractivity contribution in [2.45, 2.75) is 19.9 Å². The van der Waals surface area contributed by atoms with E-state index in [4.69, 9.17) is 18.0 Å². The van der Waals surface area contributed by atoms with Crippen LogP contribution in [0, 0.1) is 0 Å². The van der Waals surface area contributed by atoms with E-state index in [0.29, 0.717) is 18.0 Å². The molecule has 0 saturated heterocycles. The summed E-state index contributed by atoms with van der Waals surface area (Å²) in [6.45, 7) is 2.32. The molecule has 6 heteroatoms. The van der Waals surface area contributed by atoms with Crippen LogP contribution >= 0.6 is 12.2 Å². The van der Waals surface area contributed by atoms with Gasteiger partial charge in [0, 0.05) is 29.6 Å². The summed E-state index contributed by atoms with van der Waals surface area (Å²) in [6.07, 6.45) is 2.55. The van der Waals surface area contributed by atoms with E-state index in [2.05, 4.69) is 0 Å². The number of rotatable bonds is 6. The Labute approximate surface area is 124 Å². The molecular formula is C14H18N2O2S2. The molecule has 1 heterocycles. The van der Waals surface area contributed by atoms with Crippen molar-refractivity contribution in [3.63, 3.8) is 0 Å². The highest BCUT2D eigenvalue weighted by Gasteiger charge is 2.11.